The maximum atomic E-state index is 12.4. The molecule has 1 aromatic heterocycles. The summed E-state index contributed by atoms with van der Waals surface area (Å²) in [7, 11) is -3.22. The number of carbonyl (C=O) groups is 1. The van der Waals surface area contributed by atoms with Gasteiger partial charge in [0.2, 0.25) is 5.91 Å². The van der Waals surface area contributed by atoms with Crippen molar-refractivity contribution in [3.63, 3.8) is 0 Å². The second kappa shape index (κ2) is 6.85. The number of anilines is 1. The largest absolute Gasteiger partial charge is 0.307 e. The Labute approximate surface area is 157 Å². The lowest BCUT2D eigenvalue weighted by Crippen LogP contribution is -2.14. The van der Waals surface area contributed by atoms with Crippen LogP contribution in [-0.2, 0) is 26.1 Å². The number of aromatic nitrogens is 2. The molecule has 0 unspecified atom stereocenters. The van der Waals surface area contributed by atoms with Gasteiger partial charge in [-0.1, -0.05) is 48.5 Å². The van der Waals surface area contributed by atoms with Crippen molar-refractivity contribution < 1.29 is 13.2 Å². The Kier molecular flexibility index (Phi) is 4.37. The molecule has 0 saturated heterocycles. The first-order chi connectivity index (χ1) is 13.0. The first kappa shape index (κ1) is 17.2. The van der Waals surface area contributed by atoms with E-state index in [-0.39, 0.29) is 17.4 Å². The molecule has 1 amide bonds. The summed E-state index contributed by atoms with van der Waals surface area (Å²) in [6, 6.07) is 18.8. The minimum Gasteiger partial charge on any atom is -0.307 e. The molecule has 4 rings (SSSR count). The summed E-state index contributed by atoms with van der Waals surface area (Å²) < 4.78 is 25.5. The zero-order valence-corrected chi connectivity index (χ0v) is 15.2. The molecule has 2 heterocycles. The normalized spacial score (nSPS) is 15.0. The monoisotopic (exact) mass is 379 g/mol. The van der Waals surface area contributed by atoms with Crippen LogP contribution in [0.4, 0.5) is 5.82 Å². The lowest BCUT2D eigenvalue weighted by atomic mass is 10.2. The van der Waals surface area contributed by atoms with Crippen LogP contribution in [0.1, 0.15) is 16.8 Å². The van der Waals surface area contributed by atoms with Gasteiger partial charge in [-0.05, 0) is 23.8 Å². The Morgan fingerprint density at radius 2 is 1.67 bits per heavy atom. The highest BCUT2D eigenvalue weighted by Crippen LogP contribution is 2.32. The molecule has 7 heteroatoms. The van der Waals surface area contributed by atoms with E-state index >= 15 is 0 Å². The Balaban J connectivity index is 1.67. The van der Waals surface area contributed by atoms with E-state index in [0.717, 1.165) is 11.3 Å². The Hall–Kier alpha value is -3.19. The fourth-order valence-corrected chi connectivity index (χ4v) is 4.52. The lowest BCUT2D eigenvalue weighted by molar-refractivity contribution is -0.111. The van der Waals surface area contributed by atoms with Gasteiger partial charge in [-0.3, -0.25) is 4.79 Å². The Bertz CT molecular complexity index is 1120. The number of para-hydroxylation sites is 1. The van der Waals surface area contributed by atoms with E-state index in [4.69, 9.17) is 0 Å². The molecule has 0 atom stereocenters. The van der Waals surface area contributed by atoms with Crippen molar-refractivity contribution in [2.24, 2.45) is 0 Å². The smallest absolute Gasteiger partial charge is 0.249 e. The second-order valence-corrected chi connectivity index (χ2v) is 8.35. The van der Waals surface area contributed by atoms with Crippen LogP contribution in [0.5, 0.6) is 0 Å². The topological polar surface area (TPSA) is 81.1 Å². The van der Waals surface area contributed by atoms with Gasteiger partial charge in [0.15, 0.2) is 9.84 Å². The summed E-state index contributed by atoms with van der Waals surface area (Å²) in [6.45, 7) is 0. The van der Waals surface area contributed by atoms with E-state index in [9.17, 15) is 13.2 Å². The maximum absolute atomic E-state index is 12.4. The van der Waals surface area contributed by atoms with Gasteiger partial charge in [0.05, 0.1) is 22.9 Å². The van der Waals surface area contributed by atoms with Crippen LogP contribution in [0.25, 0.3) is 11.8 Å². The minimum atomic E-state index is -3.22. The number of nitrogens with one attached hydrogen (secondary N) is 1. The summed E-state index contributed by atoms with van der Waals surface area (Å²) >= 11 is 0. The highest BCUT2D eigenvalue weighted by molar-refractivity contribution is 7.90. The van der Waals surface area contributed by atoms with Crippen LogP contribution in [0.15, 0.2) is 66.7 Å². The van der Waals surface area contributed by atoms with Crippen molar-refractivity contribution in [1.29, 1.82) is 0 Å². The predicted octanol–water partition coefficient (Wildman–Crippen LogP) is 2.95. The SMILES string of the molecule is O=C(C=Cc1ccccc1)Nc1c2c(nn1-c1ccccc1)CS(=O)(=O)C2. The summed E-state index contributed by atoms with van der Waals surface area (Å²) in [4.78, 5) is 12.4. The van der Waals surface area contributed by atoms with Crippen LogP contribution < -0.4 is 5.32 Å². The fourth-order valence-electron chi connectivity index (χ4n) is 3.02. The van der Waals surface area contributed by atoms with Crippen LogP contribution in [0, 0.1) is 0 Å². The minimum absolute atomic E-state index is 0.106. The molecular formula is C20H17N3O3S. The van der Waals surface area contributed by atoms with Crippen molar-refractivity contribution in [1.82, 2.24) is 9.78 Å². The number of carbonyl (C=O) groups excluding carboxylic acids is 1. The van der Waals surface area contributed by atoms with Crippen molar-refractivity contribution in [2.45, 2.75) is 11.5 Å². The molecule has 1 aliphatic rings. The number of hydrogen-bond donors (Lipinski definition) is 1. The van der Waals surface area contributed by atoms with Crippen molar-refractivity contribution >= 4 is 27.6 Å². The van der Waals surface area contributed by atoms with Gasteiger partial charge >= 0.3 is 0 Å². The van der Waals surface area contributed by atoms with E-state index in [1.165, 1.54) is 6.08 Å². The van der Waals surface area contributed by atoms with Gasteiger partial charge in [0.1, 0.15) is 5.82 Å². The van der Waals surface area contributed by atoms with Crippen LogP contribution in [0.3, 0.4) is 0 Å². The average Bonchev–Trinajstić information content (AvgIpc) is 3.14. The van der Waals surface area contributed by atoms with E-state index in [1.807, 2.05) is 60.7 Å². The number of fused-ring (bicyclic) bond motifs is 1. The zero-order valence-electron chi connectivity index (χ0n) is 14.4. The van der Waals surface area contributed by atoms with Crippen LogP contribution in [-0.4, -0.2) is 24.1 Å². The molecule has 0 saturated carbocycles. The number of amides is 1. The third-order valence-electron chi connectivity index (χ3n) is 4.26. The standard InChI is InChI=1S/C20H17N3O3S/c24-19(12-11-15-7-3-1-4-8-15)21-20-17-13-27(25,26)14-18(17)22-23(20)16-9-5-2-6-10-16/h1-12H,13-14H2,(H,21,24). The quantitative estimate of drug-likeness (QED) is 0.707. The Morgan fingerprint density at radius 1 is 1.00 bits per heavy atom. The van der Waals surface area contributed by atoms with Gasteiger partial charge in [0.25, 0.3) is 0 Å². The average molecular weight is 379 g/mol. The number of rotatable bonds is 4. The molecule has 0 fully saturated rings. The zero-order chi connectivity index (χ0) is 18.9. The van der Waals surface area contributed by atoms with Crippen LogP contribution >= 0.6 is 0 Å². The molecule has 0 bridgehead atoms. The molecule has 3 aromatic rings. The lowest BCUT2D eigenvalue weighted by Gasteiger charge is -2.09. The number of sulfone groups is 1. The van der Waals surface area contributed by atoms with Gasteiger partial charge in [0, 0.05) is 11.6 Å². The third-order valence-corrected chi connectivity index (χ3v) is 5.70. The van der Waals surface area contributed by atoms with E-state index in [2.05, 4.69) is 10.4 Å². The van der Waals surface area contributed by atoms with Gasteiger partial charge in [-0.15, -0.1) is 0 Å². The van der Waals surface area contributed by atoms with E-state index in [0.29, 0.717) is 17.1 Å². The maximum Gasteiger partial charge on any atom is 0.249 e. The molecule has 0 aliphatic carbocycles. The molecule has 1 aliphatic heterocycles. The molecule has 6 nitrogen and oxygen atoms in total. The van der Waals surface area contributed by atoms with Gasteiger partial charge < -0.3 is 5.32 Å². The van der Waals surface area contributed by atoms with Crippen molar-refractivity contribution in [2.75, 3.05) is 5.32 Å². The molecule has 1 N–H and O–H groups in total. The van der Waals surface area contributed by atoms with Crippen molar-refractivity contribution in [3.8, 4) is 5.69 Å². The summed E-state index contributed by atoms with van der Waals surface area (Å²) in [5.41, 5.74) is 2.70. The molecule has 2 aromatic carbocycles. The fraction of sp³-hybridized carbons (Fsp3) is 0.100. The highest BCUT2D eigenvalue weighted by Gasteiger charge is 2.32. The van der Waals surface area contributed by atoms with E-state index < -0.39 is 9.84 Å². The highest BCUT2D eigenvalue weighted by atomic mass is 32.2. The second-order valence-electron chi connectivity index (χ2n) is 6.29. The third kappa shape index (κ3) is 3.68. The van der Waals surface area contributed by atoms with E-state index in [1.54, 1.807) is 10.8 Å². The first-order valence-electron chi connectivity index (χ1n) is 8.42. The summed E-state index contributed by atoms with van der Waals surface area (Å²) in [6.07, 6.45) is 3.13. The van der Waals surface area contributed by atoms with Gasteiger partial charge in [-0.2, -0.15) is 5.10 Å². The first-order valence-corrected chi connectivity index (χ1v) is 10.2. The van der Waals surface area contributed by atoms with Gasteiger partial charge in [-0.25, -0.2) is 13.1 Å². The van der Waals surface area contributed by atoms with Crippen molar-refractivity contribution in [3.05, 3.63) is 83.6 Å². The molecule has 0 spiro atoms. The summed E-state index contributed by atoms with van der Waals surface area (Å²) in [5, 5.41) is 7.23. The summed E-state index contributed by atoms with van der Waals surface area (Å²) in [5.74, 6) is -0.166. The Morgan fingerprint density at radius 3 is 2.37 bits per heavy atom. The number of benzene rings is 2. The molecule has 136 valence electrons. The van der Waals surface area contributed by atoms with Crippen LogP contribution in [0.2, 0.25) is 0 Å². The molecule has 27 heavy (non-hydrogen) atoms. The predicted molar refractivity (Wildman–Crippen MR) is 104 cm³/mol. The number of nitrogens with zero attached hydrogens (tertiary/aromatic N) is 2. The number of hydrogen-bond acceptors (Lipinski definition) is 4. The molecular weight excluding hydrogens is 362 g/mol. The molecule has 0 radical (unpaired) electrons.